The zero-order valence-electron chi connectivity index (χ0n) is 12.8. The zero-order valence-corrected chi connectivity index (χ0v) is 15.2. The van der Waals surface area contributed by atoms with Crippen LogP contribution in [0.2, 0.25) is 0 Å². The Bertz CT molecular complexity index is 601. The van der Waals surface area contributed by atoms with Crippen LogP contribution in [-0.4, -0.2) is 44.1 Å². The van der Waals surface area contributed by atoms with Crippen LogP contribution in [0, 0.1) is 5.92 Å². The summed E-state index contributed by atoms with van der Waals surface area (Å²) in [6.07, 6.45) is 0.701. The van der Waals surface area contributed by atoms with Gasteiger partial charge in [-0.3, -0.25) is 0 Å². The summed E-state index contributed by atoms with van der Waals surface area (Å²) in [5, 5.41) is 17.8. The van der Waals surface area contributed by atoms with Crippen molar-refractivity contribution in [1.82, 2.24) is 9.62 Å². The molecule has 1 aromatic rings. The van der Waals surface area contributed by atoms with Crippen molar-refractivity contribution in [3.63, 3.8) is 0 Å². The molecule has 0 fully saturated rings. The number of nitrogens with two attached hydrogens (primary N) is 1. The molecule has 0 bridgehead atoms. The first-order valence-corrected chi connectivity index (χ1v) is 10.4. The van der Waals surface area contributed by atoms with Crippen molar-refractivity contribution < 1.29 is 13.5 Å². The second-order valence-corrected chi connectivity index (χ2v) is 9.97. The minimum atomic E-state index is -3.67. The van der Waals surface area contributed by atoms with E-state index in [-0.39, 0.29) is 16.9 Å². The molecule has 0 unspecified atom stereocenters. The normalized spacial score (nSPS) is 19.6. The van der Waals surface area contributed by atoms with Crippen LogP contribution < -0.4 is 10.5 Å². The topological polar surface area (TPSA) is 95.7 Å². The lowest BCUT2D eigenvalue weighted by atomic mass is 10.1. The summed E-state index contributed by atoms with van der Waals surface area (Å²) in [6.45, 7) is 6.84. The molecule has 0 saturated heterocycles. The molecule has 0 amide bonds. The van der Waals surface area contributed by atoms with Gasteiger partial charge in [-0.05, 0) is 42.5 Å². The number of thiophene rings is 1. The van der Waals surface area contributed by atoms with Gasteiger partial charge in [-0.25, -0.2) is 17.9 Å². The first-order valence-electron chi connectivity index (χ1n) is 7.25. The van der Waals surface area contributed by atoms with Crippen LogP contribution in [0.3, 0.4) is 0 Å². The predicted molar refractivity (Wildman–Crippen MR) is 90.4 cm³/mol. The van der Waals surface area contributed by atoms with Gasteiger partial charge in [-0.2, -0.15) is 0 Å². The van der Waals surface area contributed by atoms with Crippen molar-refractivity contribution in [3.05, 3.63) is 11.6 Å². The Hall–Kier alpha value is -0.160. The fourth-order valence-corrected chi connectivity index (χ4v) is 5.78. The molecule has 1 atom stereocenters. The molecule has 2 rings (SSSR count). The summed E-state index contributed by atoms with van der Waals surface area (Å²) < 4.78 is 26.5. The van der Waals surface area contributed by atoms with Gasteiger partial charge in [-0.1, -0.05) is 13.8 Å². The second-order valence-electron chi connectivity index (χ2n) is 5.76. The van der Waals surface area contributed by atoms with E-state index in [2.05, 4.69) is 23.5 Å². The molecular formula is C13H23N3O3S3. The number of sulfonamides is 1. The van der Waals surface area contributed by atoms with Crippen molar-refractivity contribution in [2.75, 3.05) is 26.2 Å². The fourth-order valence-electron chi connectivity index (χ4n) is 2.21. The molecule has 22 heavy (non-hydrogen) atoms. The number of fused-ring (bicyclic) bond motifs is 1. The smallest absolute Gasteiger partial charge is 0.247 e. The number of primary sulfonamides is 1. The first kappa shape index (κ1) is 18.2. The number of rotatable bonds is 7. The van der Waals surface area contributed by atoms with E-state index in [1.165, 1.54) is 11.3 Å². The third-order valence-corrected chi connectivity index (χ3v) is 7.13. The Morgan fingerprint density at radius 2 is 2.27 bits per heavy atom. The van der Waals surface area contributed by atoms with E-state index in [9.17, 15) is 8.42 Å². The van der Waals surface area contributed by atoms with Gasteiger partial charge in [0.15, 0.2) is 0 Å². The lowest BCUT2D eigenvalue weighted by Gasteiger charge is -2.32. The quantitative estimate of drug-likeness (QED) is 0.632. The monoisotopic (exact) mass is 365 g/mol. The highest BCUT2D eigenvalue weighted by Crippen LogP contribution is 2.43. The van der Waals surface area contributed by atoms with Gasteiger partial charge in [0.05, 0.1) is 4.21 Å². The third kappa shape index (κ3) is 4.67. The largest absolute Gasteiger partial charge is 0.396 e. The number of hydrogen-bond acceptors (Lipinski definition) is 7. The summed E-state index contributed by atoms with van der Waals surface area (Å²) in [5.41, 5.74) is 1.01. The number of aliphatic hydroxyl groups is 1. The van der Waals surface area contributed by atoms with Crippen molar-refractivity contribution in [2.45, 2.75) is 34.7 Å². The van der Waals surface area contributed by atoms with E-state index in [4.69, 9.17) is 10.2 Å². The highest BCUT2D eigenvalue weighted by molar-refractivity contribution is 7.99. The molecule has 0 aliphatic carbocycles. The fraction of sp³-hybridized carbons (Fsp3) is 0.692. The van der Waals surface area contributed by atoms with Crippen molar-refractivity contribution in [1.29, 1.82) is 0 Å². The zero-order chi connectivity index (χ0) is 16.3. The maximum absolute atomic E-state index is 11.6. The number of nitrogens with zero attached hydrogens (tertiary/aromatic N) is 1. The van der Waals surface area contributed by atoms with Gasteiger partial charge < -0.3 is 10.4 Å². The number of nitrogens with one attached hydrogen (secondary N) is 1. The molecular weight excluding hydrogens is 342 g/mol. The van der Waals surface area contributed by atoms with Gasteiger partial charge in [0.1, 0.15) is 4.21 Å². The molecule has 1 aromatic heterocycles. The van der Waals surface area contributed by atoms with Crippen molar-refractivity contribution >= 4 is 33.3 Å². The number of hydrogen-bond donors (Lipinski definition) is 3. The molecule has 126 valence electrons. The standard InChI is InChI=1S/C13H23N3O3S3/c1-9(2)7-15-11-8-16(4-3-5-17)21-13-10(11)6-12(20-13)22(14,18)19/h6,9,11,15,17H,3-5,7-8H2,1-2H3,(H2,14,18,19)/t11-/m0/s1. The van der Waals surface area contributed by atoms with E-state index in [0.717, 1.165) is 29.4 Å². The van der Waals surface area contributed by atoms with Gasteiger partial charge in [0.2, 0.25) is 10.0 Å². The van der Waals surface area contributed by atoms with E-state index in [1.807, 2.05) is 0 Å². The summed E-state index contributed by atoms with van der Waals surface area (Å²) in [7, 11) is -3.67. The van der Waals surface area contributed by atoms with Crippen LogP contribution >= 0.6 is 23.3 Å². The summed E-state index contributed by atoms with van der Waals surface area (Å²) in [4.78, 5) is 0. The summed E-state index contributed by atoms with van der Waals surface area (Å²) in [5.74, 6) is 0.514. The predicted octanol–water partition coefficient (Wildman–Crippen LogP) is 1.39. The lowest BCUT2D eigenvalue weighted by Crippen LogP contribution is -2.36. The molecule has 0 aromatic carbocycles. The van der Waals surface area contributed by atoms with Gasteiger partial charge >= 0.3 is 0 Å². The van der Waals surface area contributed by atoms with Gasteiger partial charge in [-0.15, -0.1) is 11.3 Å². The van der Waals surface area contributed by atoms with Crippen LogP contribution in [0.15, 0.2) is 14.5 Å². The van der Waals surface area contributed by atoms with Crippen LogP contribution in [0.4, 0.5) is 0 Å². The molecule has 1 aliphatic rings. The van der Waals surface area contributed by atoms with Gasteiger partial charge in [0.25, 0.3) is 0 Å². The minimum Gasteiger partial charge on any atom is -0.396 e. The Morgan fingerprint density at radius 3 is 2.86 bits per heavy atom. The van der Waals surface area contributed by atoms with Crippen molar-refractivity contribution in [3.8, 4) is 0 Å². The molecule has 0 saturated carbocycles. The molecule has 0 radical (unpaired) electrons. The Labute approximate surface area is 140 Å². The van der Waals surface area contributed by atoms with Crippen LogP contribution in [0.25, 0.3) is 0 Å². The average Bonchev–Trinajstić information content (AvgIpc) is 2.86. The highest BCUT2D eigenvalue weighted by Gasteiger charge is 2.30. The molecule has 1 aliphatic heterocycles. The van der Waals surface area contributed by atoms with E-state index in [0.29, 0.717) is 12.3 Å². The molecule has 4 N–H and O–H groups in total. The second kappa shape index (κ2) is 7.61. The van der Waals surface area contributed by atoms with E-state index in [1.54, 1.807) is 18.0 Å². The number of aliphatic hydroxyl groups excluding tert-OH is 1. The Morgan fingerprint density at radius 1 is 1.55 bits per heavy atom. The van der Waals surface area contributed by atoms with Crippen LogP contribution in [-0.2, 0) is 10.0 Å². The molecule has 6 nitrogen and oxygen atoms in total. The lowest BCUT2D eigenvalue weighted by molar-refractivity contribution is 0.266. The summed E-state index contributed by atoms with van der Waals surface area (Å²) >= 11 is 2.78. The summed E-state index contributed by atoms with van der Waals surface area (Å²) in [6, 6.07) is 1.79. The maximum Gasteiger partial charge on any atom is 0.247 e. The molecule has 9 heteroatoms. The van der Waals surface area contributed by atoms with E-state index < -0.39 is 10.0 Å². The average molecular weight is 366 g/mol. The van der Waals surface area contributed by atoms with Gasteiger partial charge in [0, 0.05) is 25.7 Å². The maximum atomic E-state index is 11.6. The van der Waals surface area contributed by atoms with Crippen LogP contribution in [0.5, 0.6) is 0 Å². The minimum absolute atomic E-state index is 0.0871. The Balaban J connectivity index is 2.23. The van der Waals surface area contributed by atoms with Crippen LogP contribution in [0.1, 0.15) is 31.9 Å². The van der Waals surface area contributed by atoms with E-state index >= 15 is 0 Å². The molecule has 0 spiro atoms. The van der Waals surface area contributed by atoms with Crippen molar-refractivity contribution in [2.24, 2.45) is 11.1 Å². The first-order chi connectivity index (χ1) is 10.3. The SMILES string of the molecule is CC(C)CN[C@H]1CN(CCCO)Sc2sc(S(N)(=O)=O)cc21. The third-order valence-electron chi connectivity index (χ3n) is 3.29. The Kier molecular flexibility index (Phi) is 6.29. The highest BCUT2D eigenvalue weighted by atomic mass is 32.3. The molecule has 2 heterocycles.